The molecule has 2 fully saturated rings. The first kappa shape index (κ1) is 13.5. The Balaban J connectivity index is 1.44. The smallest absolute Gasteiger partial charge is 0.107 e. The number of fused-ring (bicyclic) bond motifs is 1. The second-order valence-electron chi connectivity index (χ2n) is 6.02. The lowest BCUT2D eigenvalue weighted by Crippen LogP contribution is -2.50. The van der Waals surface area contributed by atoms with Crippen molar-refractivity contribution in [1.29, 1.82) is 0 Å². The van der Waals surface area contributed by atoms with E-state index in [0.717, 1.165) is 26.2 Å². The lowest BCUT2D eigenvalue weighted by atomic mass is 10.0. The average Bonchev–Trinajstić information content (AvgIpc) is 3.22. The van der Waals surface area contributed by atoms with Crippen LogP contribution < -0.4 is 0 Å². The van der Waals surface area contributed by atoms with Crippen LogP contribution in [0, 0.1) is 5.92 Å². The molecule has 21 heavy (non-hydrogen) atoms. The Bertz CT molecular complexity index is 554. The van der Waals surface area contributed by atoms with Crippen molar-refractivity contribution < 1.29 is 4.74 Å². The largest absolute Gasteiger partial charge is 0.375 e. The quantitative estimate of drug-likeness (QED) is 0.870. The highest BCUT2D eigenvalue weighted by molar-refractivity contribution is 7.09. The monoisotopic (exact) mass is 303 g/mol. The van der Waals surface area contributed by atoms with Gasteiger partial charge in [-0.05, 0) is 25.0 Å². The van der Waals surface area contributed by atoms with E-state index in [9.17, 15) is 0 Å². The van der Waals surface area contributed by atoms with Gasteiger partial charge in [-0.25, -0.2) is 4.98 Å². The van der Waals surface area contributed by atoms with Crippen molar-refractivity contribution in [2.45, 2.75) is 38.1 Å². The summed E-state index contributed by atoms with van der Waals surface area (Å²) in [7, 11) is 0. The van der Waals surface area contributed by atoms with Crippen LogP contribution in [0.2, 0.25) is 0 Å². The summed E-state index contributed by atoms with van der Waals surface area (Å²) in [5, 5.41) is 3.29. The summed E-state index contributed by atoms with van der Waals surface area (Å²) >= 11 is 1.76. The van der Waals surface area contributed by atoms with E-state index in [4.69, 9.17) is 4.74 Å². The Labute approximate surface area is 129 Å². The zero-order valence-electron chi connectivity index (χ0n) is 12.1. The normalized spacial score (nSPS) is 29.6. The van der Waals surface area contributed by atoms with Crippen LogP contribution in [0.15, 0.2) is 36.1 Å². The fraction of sp³-hybridized carbons (Fsp3) is 0.562. The summed E-state index contributed by atoms with van der Waals surface area (Å²) in [6.45, 7) is 3.96. The number of hydrogen-bond acceptors (Lipinski definition) is 4. The van der Waals surface area contributed by atoms with Crippen LogP contribution in [0.25, 0.3) is 0 Å². The molecule has 0 aromatic carbocycles. The first-order chi connectivity index (χ1) is 10.4. The third-order valence-corrected chi connectivity index (χ3v) is 5.53. The van der Waals surface area contributed by atoms with Gasteiger partial charge < -0.3 is 9.30 Å². The highest BCUT2D eigenvalue weighted by Gasteiger charge is 2.42. The minimum Gasteiger partial charge on any atom is -0.375 e. The molecule has 0 N–H and O–H groups in total. The highest BCUT2D eigenvalue weighted by atomic mass is 32.1. The van der Waals surface area contributed by atoms with Gasteiger partial charge in [-0.15, -0.1) is 11.3 Å². The maximum atomic E-state index is 6.14. The fourth-order valence-corrected chi connectivity index (χ4v) is 4.44. The Morgan fingerprint density at radius 1 is 1.29 bits per heavy atom. The molecule has 0 spiro atoms. The Morgan fingerprint density at radius 2 is 2.19 bits per heavy atom. The standard InChI is InChI=1S/C16H21N3OS/c1-2-7-18(6-1)11-13-3-4-14-16(13)20-9-8-19(14)12-15-17-5-10-21-15/h1-2,5-7,10,13-14,16H,3-4,8-9,11-12H2/t13-,14-,16+/m0/s1. The number of morpholine rings is 1. The molecule has 3 atom stereocenters. The van der Waals surface area contributed by atoms with Crippen LogP contribution in [-0.4, -0.2) is 39.7 Å². The van der Waals surface area contributed by atoms with Crippen LogP contribution in [-0.2, 0) is 17.8 Å². The molecule has 0 amide bonds. The van der Waals surface area contributed by atoms with Crippen molar-refractivity contribution >= 4 is 11.3 Å². The van der Waals surface area contributed by atoms with Crippen LogP contribution in [0.5, 0.6) is 0 Å². The van der Waals surface area contributed by atoms with Crippen molar-refractivity contribution in [1.82, 2.24) is 14.5 Å². The van der Waals surface area contributed by atoms with Gasteiger partial charge >= 0.3 is 0 Å². The van der Waals surface area contributed by atoms with Gasteiger partial charge in [0.2, 0.25) is 0 Å². The van der Waals surface area contributed by atoms with Gasteiger partial charge in [0.25, 0.3) is 0 Å². The Kier molecular flexibility index (Phi) is 3.80. The van der Waals surface area contributed by atoms with E-state index in [2.05, 4.69) is 44.4 Å². The predicted molar refractivity (Wildman–Crippen MR) is 83.2 cm³/mol. The number of thiazole rings is 1. The van der Waals surface area contributed by atoms with E-state index in [1.54, 1.807) is 11.3 Å². The first-order valence-corrected chi connectivity index (χ1v) is 8.63. The van der Waals surface area contributed by atoms with Gasteiger partial charge in [0.05, 0.1) is 19.3 Å². The van der Waals surface area contributed by atoms with Crippen LogP contribution in [0.3, 0.4) is 0 Å². The molecule has 1 aliphatic carbocycles. The Morgan fingerprint density at radius 3 is 3.00 bits per heavy atom. The molecule has 2 aromatic heterocycles. The topological polar surface area (TPSA) is 30.3 Å². The van der Waals surface area contributed by atoms with Gasteiger partial charge in [-0.1, -0.05) is 0 Å². The number of nitrogens with zero attached hydrogens (tertiary/aromatic N) is 3. The van der Waals surface area contributed by atoms with Crippen molar-refractivity contribution in [3.05, 3.63) is 41.1 Å². The molecule has 2 aliphatic rings. The molecule has 1 saturated heterocycles. The van der Waals surface area contributed by atoms with E-state index in [0.29, 0.717) is 18.1 Å². The molecule has 0 bridgehead atoms. The summed E-state index contributed by atoms with van der Waals surface area (Å²) < 4.78 is 8.43. The van der Waals surface area contributed by atoms with Crippen molar-refractivity contribution in [3.63, 3.8) is 0 Å². The summed E-state index contributed by atoms with van der Waals surface area (Å²) in [4.78, 5) is 7.02. The van der Waals surface area contributed by atoms with Crippen molar-refractivity contribution in [2.75, 3.05) is 13.2 Å². The molecular weight excluding hydrogens is 282 g/mol. The lowest BCUT2D eigenvalue weighted by Gasteiger charge is -2.39. The summed E-state index contributed by atoms with van der Waals surface area (Å²) in [5.41, 5.74) is 0. The second kappa shape index (κ2) is 5.91. The minimum absolute atomic E-state index is 0.390. The van der Waals surface area contributed by atoms with E-state index in [-0.39, 0.29) is 0 Å². The SMILES string of the molecule is c1ccn(C[C@@H]2CC[C@H]3[C@@H]2OCCN3Cc2nccs2)c1. The zero-order valence-corrected chi connectivity index (χ0v) is 12.9. The van der Waals surface area contributed by atoms with Gasteiger partial charge in [-0.3, -0.25) is 4.90 Å². The lowest BCUT2D eigenvalue weighted by molar-refractivity contribution is -0.0785. The molecule has 112 valence electrons. The van der Waals surface area contributed by atoms with Crippen LogP contribution in [0.1, 0.15) is 17.8 Å². The second-order valence-corrected chi connectivity index (χ2v) is 7.00. The van der Waals surface area contributed by atoms with Crippen molar-refractivity contribution in [2.24, 2.45) is 5.92 Å². The average molecular weight is 303 g/mol. The molecule has 4 nitrogen and oxygen atoms in total. The van der Waals surface area contributed by atoms with Crippen molar-refractivity contribution in [3.8, 4) is 0 Å². The van der Waals surface area contributed by atoms with Crippen LogP contribution >= 0.6 is 11.3 Å². The summed E-state index contributed by atoms with van der Waals surface area (Å²) in [6, 6.07) is 4.77. The molecule has 0 radical (unpaired) electrons. The molecule has 2 aromatic rings. The van der Waals surface area contributed by atoms with E-state index in [1.165, 1.54) is 17.8 Å². The molecule has 4 rings (SSSR count). The molecule has 1 saturated carbocycles. The fourth-order valence-electron chi connectivity index (χ4n) is 3.80. The molecule has 3 heterocycles. The molecule has 5 heteroatoms. The summed E-state index contributed by atoms with van der Waals surface area (Å²) in [5.74, 6) is 0.640. The minimum atomic E-state index is 0.390. The van der Waals surface area contributed by atoms with Gasteiger partial charge in [0.1, 0.15) is 5.01 Å². The predicted octanol–water partition coefficient (Wildman–Crippen LogP) is 2.62. The maximum absolute atomic E-state index is 6.14. The Hall–Kier alpha value is -1.17. The number of ether oxygens (including phenoxy) is 1. The third-order valence-electron chi connectivity index (χ3n) is 4.77. The zero-order chi connectivity index (χ0) is 14.1. The van der Waals surface area contributed by atoms with E-state index < -0.39 is 0 Å². The van der Waals surface area contributed by atoms with Gasteiger partial charge in [0, 0.05) is 49.0 Å². The third kappa shape index (κ3) is 2.78. The number of aromatic nitrogens is 2. The summed E-state index contributed by atoms with van der Waals surface area (Å²) in [6.07, 6.45) is 9.12. The van der Waals surface area contributed by atoms with Crippen LogP contribution in [0.4, 0.5) is 0 Å². The maximum Gasteiger partial charge on any atom is 0.107 e. The van der Waals surface area contributed by atoms with Gasteiger partial charge in [0.15, 0.2) is 0 Å². The van der Waals surface area contributed by atoms with E-state index in [1.807, 2.05) is 6.20 Å². The highest BCUT2D eigenvalue weighted by Crippen LogP contribution is 2.36. The molecule has 0 unspecified atom stereocenters. The number of hydrogen-bond donors (Lipinski definition) is 0. The first-order valence-electron chi connectivity index (χ1n) is 7.75. The molecule has 1 aliphatic heterocycles. The van der Waals surface area contributed by atoms with Gasteiger partial charge in [-0.2, -0.15) is 0 Å². The molecular formula is C16H21N3OS. The number of rotatable bonds is 4. The van der Waals surface area contributed by atoms with E-state index >= 15 is 0 Å².